The van der Waals surface area contributed by atoms with Crippen molar-refractivity contribution in [3.05, 3.63) is 307 Å². The fourth-order valence-corrected chi connectivity index (χ4v) is 12.1. The lowest BCUT2D eigenvalue weighted by atomic mass is 9.67. The Labute approximate surface area is 433 Å². The summed E-state index contributed by atoms with van der Waals surface area (Å²) in [4.78, 5) is 2.46. The lowest BCUT2D eigenvalue weighted by molar-refractivity contribution is 0.768. The van der Waals surface area contributed by atoms with Gasteiger partial charge >= 0.3 is 0 Å². The zero-order chi connectivity index (χ0) is 49.6. The van der Waals surface area contributed by atoms with Crippen molar-refractivity contribution < 1.29 is 0 Å². The lowest BCUT2D eigenvalue weighted by Gasteiger charge is -2.33. The Bertz CT molecular complexity index is 4170. The van der Waals surface area contributed by atoms with Crippen molar-refractivity contribution in [2.45, 2.75) is 19.3 Å². The molecule has 0 spiro atoms. The highest BCUT2D eigenvalue weighted by Crippen LogP contribution is 2.57. The van der Waals surface area contributed by atoms with Gasteiger partial charge in [-0.3, -0.25) is 0 Å². The van der Waals surface area contributed by atoms with Gasteiger partial charge in [-0.1, -0.05) is 250 Å². The van der Waals surface area contributed by atoms with Gasteiger partial charge in [0.05, 0.1) is 11.1 Å². The summed E-state index contributed by atoms with van der Waals surface area (Å²) in [5, 5.41) is 9.98. The number of anilines is 3. The standard InChI is InChI=1S/C71H47N.C2H6/c1-3-23-53(24-4-1)71(54-25-5-2-6-26-54)68-36-17-15-34-63(68)67-45-49(40-43-69(67)71)48-38-41-55(42-39-48)72(56-27-19-22-50(44-56)65-46-51-20-7-9-28-57(51)59-30-11-13-32-61(59)65)70-37-18-16-35-64(70)66-47-52-21-8-10-29-58(52)60-31-12-14-33-62(60)66;1-2/h1-47H;1-2H3. The average Bonchev–Trinajstić information content (AvgIpc) is 3.79. The topological polar surface area (TPSA) is 3.24 Å². The van der Waals surface area contributed by atoms with Gasteiger partial charge < -0.3 is 4.90 Å². The molecule has 13 aromatic carbocycles. The second-order valence-electron chi connectivity index (χ2n) is 19.1. The summed E-state index contributed by atoms with van der Waals surface area (Å²) in [5.41, 5.74) is 17.7. The van der Waals surface area contributed by atoms with E-state index >= 15 is 0 Å². The van der Waals surface area contributed by atoms with E-state index < -0.39 is 5.41 Å². The molecule has 0 atom stereocenters. The molecule has 0 fully saturated rings. The van der Waals surface area contributed by atoms with Crippen LogP contribution in [0.5, 0.6) is 0 Å². The van der Waals surface area contributed by atoms with Crippen molar-refractivity contribution in [1.82, 2.24) is 0 Å². The molecule has 74 heavy (non-hydrogen) atoms. The van der Waals surface area contributed by atoms with Crippen LogP contribution < -0.4 is 4.90 Å². The van der Waals surface area contributed by atoms with Crippen molar-refractivity contribution in [1.29, 1.82) is 0 Å². The third-order valence-corrected chi connectivity index (χ3v) is 15.3. The molecule has 0 saturated heterocycles. The highest BCUT2D eigenvalue weighted by atomic mass is 15.1. The molecule has 0 N–H and O–H groups in total. The van der Waals surface area contributed by atoms with E-state index in [9.17, 15) is 0 Å². The summed E-state index contributed by atoms with van der Waals surface area (Å²) >= 11 is 0. The zero-order valence-electron chi connectivity index (χ0n) is 41.6. The normalized spacial score (nSPS) is 12.3. The Kier molecular flexibility index (Phi) is 11.3. The van der Waals surface area contributed by atoms with Crippen LogP contribution in [0.15, 0.2) is 285 Å². The molecule has 14 rings (SSSR count). The number of nitrogens with zero attached hydrogens (tertiary/aromatic N) is 1. The molecule has 1 aliphatic carbocycles. The van der Waals surface area contributed by atoms with Crippen LogP contribution in [0.4, 0.5) is 17.1 Å². The molecule has 1 aliphatic rings. The van der Waals surface area contributed by atoms with E-state index in [1.54, 1.807) is 0 Å². The zero-order valence-corrected chi connectivity index (χ0v) is 41.6. The van der Waals surface area contributed by atoms with Gasteiger partial charge in [-0.2, -0.15) is 0 Å². The third-order valence-electron chi connectivity index (χ3n) is 15.3. The van der Waals surface area contributed by atoms with E-state index in [0.29, 0.717) is 0 Å². The second-order valence-corrected chi connectivity index (χ2v) is 19.1. The molecule has 0 saturated carbocycles. The van der Waals surface area contributed by atoms with E-state index in [-0.39, 0.29) is 0 Å². The van der Waals surface area contributed by atoms with Gasteiger partial charge in [0.2, 0.25) is 0 Å². The fraction of sp³-hybridized carbons (Fsp3) is 0.0411. The van der Waals surface area contributed by atoms with Crippen LogP contribution in [0.2, 0.25) is 0 Å². The Balaban J connectivity index is 0.00000261. The van der Waals surface area contributed by atoms with Crippen LogP contribution in [0.3, 0.4) is 0 Å². The van der Waals surface area contributed by atoms with Gasteiger partial charge in [-0.15, -0.1) is 0 Å². The summed E-state index contributed by atoms with van der Waals surface area (Å²) in [6, 6.07) is 105. The molecule has 13 aromatic rings. The minimum atomic E-state index is -0.436. The van der Waals surface area contributed by atoms with Crippen LogP contribution >= 0.6 is 0 Å². The lowest BCUT2D eigenvalue weighted by Crippen LogP contribution is -2.28. The van der Waals surface area contributed by atoms with Crippen molar-refractivity contribution in [2.24, 2.45) is 0 Å². The number of benzene rings is 13. The largest absolute Gasteiger partial charge is 0.310 e. The number of para-hydroxylation sites is 1. The van der Waals surface area contributed by atoms with Gasteiger partial charge in [0.1, 0.15) is 0 Å². The van der Waals surface area contributed by atoms with Gasteiger partial charge in [-0.05, 0) is 153 Å². The molecule has 350 valence electrons. The average molecular weight is 944 g/mol. The Morgan fingerprint density at radius 2 is 0.743 bits per heavy atom. The molecule has 0 heterocycles. The molecule has 1 nitrogen and oxygen atoms in total. The molecular formula is C73H53N. The second kappa shape index (κ2) is 18.7. The monoisotopic (exact) mass is 943 g/mol. The van der Waals surface area contributed by atoms with Gasteiger partial charge in [0.25, 0.3) is 0 Å². The Hall–Kier alpha value is -9.30. The minimum absolute atomic E-state index is 0.436. The molecular weight excluding hydrogens is 891 g/mol. The van der Waals surface area contributed by atoms with Gasteiger partial charge in [0.15, 0.2) is 0 Å². The Morgan fingerprint density at radius 1 is 0.257 bits per heavy atom. The van der Waals surface area contributed by atoms with E-state index in [1.165, 1.54) is 110 Å². The maximum absolute atomic E-state index is 2.46. The highest BCUT2D eigenvalue weighted by molar-refractivity contribution is 6.16. The minimum Gasteiger partial charge on any atom is -0.310 e. The molecule has 0 aliphatic heterocycles. The van der Waals surface area contributed by atoms with Crippen molar-refractivity contribution in [2.75, 3.05) is 4.90 Å². The first-order valence-electron chi connectivity index (χ1n) is 26.0. The smallest absolute Gasteiger partial charge is 0.0713 e. The van der Waals surface area contributed by atoms with E-state index in [4.69, 9.17) is 0 Å². The SMILES string of the molecule is CC.c1ccc(C2(c3ccccc3)c3ccccc3-c3cc(-c4ccc(N(c5cccc(-c6cc7ccccc7c7ccccc67)c5)c5ccccc5-c5cc6ccccc6c6ccccc56)cc4)ccc32)cc1. The first kappa shape index (κ1) is 44.6. The molecule has 0 amide bonds. The summed E-state index contributed by atoms with van der Waals surface area (Å²) in [5.74, 6) is 0. The number of fused-ring (bicyclic) bond motifs is 9. The van der Waals surface area contributed by atoms with Crippen LogP contribution in [-0.4, -0.2) is 0 Å². The maximum atomic E-state index is 2.46. The summed E-state index contributed by atoms with van der Waals surface area (Å²) in [6.07, 6.45) is 0. The van der Waals surface area contributed by atoms with E-state index in [1.807, 2.05) is 13.8 Å². The first-order valence-corrected chi connectivity index (χ1v) is 26.0. The van der Waals surface area contributed by atoms with Crippen LogP contribution in [0.25, 0.3) is 87.6 Å². The van der Waals surface area contributed by atoms with E-state index in [0.717, 1.165) is 17.1 Å². The van der Waals surface area contributed by atoms with Crippen LogP contribution in [-0.2, 0) is 5.41 Å². The predicted molar refractivity (Wildman–Crippen MR) is 316 cm³/mol. The molecule has 0 radical (unpaired) electrons. The van der Waals surface area contributed by atoms with E-state index in [2.05, 4.69) is 290 Å². The number of hydrogen-bond donors (Lipinski definition) is 0. The number of rotatable bonds is 8. The number of hydrogen-bond acceptors (Lipinski definition) is 1. The first-order chi connectivity index (χ1) is 36.7. The highest BCUT2D eigenvalue weighted by Gasteiger charge is 2.46. The van der Waals surface area contributed by atoms with Crippen molar-refractivity contribution >= 4 is 60.2 Å². The van der Waals surface area contributed by atoms with Gasteiger partial charge in [0, 0.05) is 16.9 Å². The quantitative estimate of drug-likeness (QED) is 0.137. The molecule has 0 aromatic heterocycles. The fourth-order valence-electron chi connectivity index (χ4n) is 12.1. The summed E-state index contributed by atoms with van der Waals surface area (Å²) in [6.45, 7) is 4.00. The van der Waals surface area contributed by atoms with Crippen molar-refractivity contribution in [3.63, 3.8) is 0 Å². The predicted octanol–water partition coefficient (Wildman–Crippen LogP) is 20.2. The molecule has 1 heteroatoms. The van der Waals surface area contributed by atoms with Gasteiger partial charge in [-0.25, -0.2) is 0 Å². The van der Waals surface area contributed by atoms with Crippen LogP contribution in [0.1, 0.15) is 36.1 Å². The van der Waals surface area contributed by atoms with Crippen molar-refractivity contribution in [3.8, 4) is 44.5 Å². The molecule has 0 bridgehead atoms. The summed E-state index contributed by atoms with van der Waals surface area (Å²) < 4.78 is 0. The third kappa shape index (κ3) is 7.23. The maximum Gasteiger partial charge on any atom is 0.0713 e. The summed E-state index contributed by atoms with van der Waals surface area (Å²) in [7, 11) is 0. The van der Waals surface area contributed by atoms with Crippen LogP contribution in [0, 0.1) is 0 Å². The molecule has 0 unspecified atom stereocenters. The Morgan fingerprint density at radius 3 is 1.39 bits per heavy atom.